The minimum atomic E-state index is -0.993. The average molecular weight is 220 g/mol. The van der Waals surface area contributed by atoms with E-state index in [0.717, 1.165) is 19.3 Å². The molecule has 1 nitrogen and oxygen atoms in total. The van der Waals surface area contributed by atoms with Crippen molar-refractivity contribution in [2.45, 2.75) is 52.6 Å². The van der Waals surface area contributed by atoms with Gasteiger partial charge in [0, 0.05) is 6.42 Å². The highest BCUT2D eigenvalue weighted by Gasteiger charge is 2.24. The molecule has 0 aliphatic rings. The van der Waals surface area contributed by atoms with Gasteiger partial charge >= 0.3 is 0 Å². The van der Waals surface area contributed by atoms with Crippen molar-refractivity contribution < 1.29 is 5.11 Å². The molecule has 1 atom stereocenters. The van der Waals surface area contributed by atoms with Crippen LogP contribution in [-0.4, -0.2) is 10.7 Å². The van der Waals surface area contributed by atoms with Crippen LogP contribution in [0.15, 0.2) is 24.3 Å². The standard InChI is InChI=1S/C15H24O/c1-5-7-9-11-13-15(16,14(3)4)12-10-8-6-2/h6,8,10,12,14,16H,5,7,9H2,1-4H3/b8-6+,12-10+. The molecule has 90 valence electrons. The van der Waals surface area contributed by atoms with E-state index in [1.807, 2.05) is 39.0 Å². The number of hydrogen-bond acceptors (Lipinski definition) is 1. The molecule has 0 heterocycles. The molecule has 0 aliphatic carbocycles. The molecule has 0 aliphatic heterocycles. The second kappa shape index (κ2) is 8.19. The largest absolute Gasteiger partial charge is 0.374 e. The van der Waals surface area contributed by atoms with Gasteiger partial charge in [0.1, 0.15) is 5.60 Å². The fourth-order valence-electron chi connectivity index (χ4n) is 1.16. The Kier molecular flexibility index (Phi) is 7.68. The van der Waals surface area contributed by atoms with Gasteiger partial charge in [0.25, 0.3) is 0 Å². The summed E-state index contributed by atoms with van der Waals surface area (Å²) in [5, 5.41) is 10.3. The van der Waals surface area contributed by atoms with Crippen LogP contribution in [0, 0.1) is 17.8 Å². The van der Waals surface area contributed by atoms with E-state index in [9.17, 15) is 5.11 Å². The monoisotopic (exact) mass is 220 g/mol. The van der Waals surface area contributed by atoms with E-state index in [1.54, 1.807) is 6.08 Å². The first-order valence-corrected chi connectivity index (χ1v) is 6.09. The molecule has 16 heavy (non-hydrogen) atoms. The van der Waals surface area contributed by atoms with Crippen LogP contribution in [0.25, 0.3) is 0 Å². The first-order valence-electron chi connectivity index (χ1n) is 6.09. The van der Waals surface area contributed by atoms with Crippen molar-refractivity contribution in [1.82, 2.24) is 0 Å². The fraction of sp³-hybridized carbons (Fsp3) is 0.600. The van der Waals surface area contributed by atoms with Crippen molar-refractivity contribution in [2.24, 2.45) is 5.92 Å². The minimum Gasteiger partial charge on any atom is -0.374 e. The van der Waals surface area contributed by atoms with Crippen molar-refractivity contribution >= 4 is 0 Å². The highest BCUT2D eigenvalue weighted by Crippen LogP contribution is 2.18. The van der Waals surface area contributed by atoms with Crippen LogP contribution in [0.2, 0.25) is 0 Å². The van der Waals surface area contributed by atoms with Crippen molar-refractivity contribution in [3.8, 4) is 11.8 Å². The average Bonchev–Trinajstić information content (AvgIpc) is 2.25. The van der Waals surface area contributed by atoms with Gasteiger partial charge in [-0.3, -0.25) is 0 Å². The first kappa shape index (κ1) is 15.0. The Morgan fingerprint density at radius 2 is 2.00 bits per heavy atom. The molecule has 0 aromatic rings. The van der Waals surface area contributed by atoms with Gasteiger partial charge in [0.15, 0.2) is 0 Å². The molecule has 0 radical (unpaired) electrons. The van der Waals surface area contributed by atoms with Crippen molar-refractivity contribution in [3.05, 3.63) is 24.3 Å². The summed E-state index contributed by atoms with van der Waals surface area (Å²) in [7, 11) is 0. The van der Waals surface area contributed by atoms with E-state index in [2.05, 4.69) is 18.8 Å². The summed E-state index contributed by atoms with van der Waals surface area (Å²) in [5.41, 5.74) is -0.993. The lowest BCUT2D eigenvalue weighted by atomic mass is 9.90. The van der Waals surface area contributed by atoms with E-state index >= 15 is 0 Å². The van der Waals surface area contributed by atoms with Gasteiger partial charge in [-0.25, -0.2) is 0 Å². The van der Waals surface area contributed by atoms with Gasteiger partial charge in [-0.1, -0.05) is 57.3 Å². The lowest BCUT2D eigenvalue weighted by molar-refractivity contribution is 0.102. The highest BCUT2D eigenvalue weighted by molar-refractivity contribution is 5.25. The summed E-state index contributed by atoms with van der Waals surface area (Å²) in [6.07, 6.45) is 10.6. The van der Waals surface area contributed by atoms with Crippen LogP contribution in [0.3, 0.4) is 0 Å². The quantitative estimate of drug-likeness (QED) is 0.425. The van der Waals surface area contributed by atoms with Gasteiger partial charge in [-0.05, 0) is 25.3 Å². The molecular formula is C15H24O. The van der Waals surface area contributed by atoms with Crippen LogP contribution in [0.4, 0.5) is 0 Å². The zero-order valence-corrected chi connectivity index (χ0v) is 11.0. The summed E-state index contributed by atoms with van der Waals surface area (Å²) >= 11 is 0. The summed E-state index contributed by atoms with van der Waals surface area (Å²) in [6.45, 7) is 8.05. The maximum absolute atomic E-state index is 10.3. The Bertz CT molecular complexity index is 288. The molecule has 1 N–H and O–H groups in total. The molecule has 0 rings (SSSR count). The lowest BCUT2D eigenvalue weighted by Crippen LogP contribution is -2.30. The smallest absolute Gasteiger partial charge is 0.146 e. The van der Waals surface area contributed by atoms with E-state index in [1.165, 1.54) is 0 Å². The molecule has 0 saturated carbocycles. The number of hydrogen-bond donors (Lipinski definition) is 1. The van der Waals surface area contributed by atoms with Gasteiger partial charge in [0.05, 0.1) is 0 Å². The molecule has 1 unspecified atom stereocenters. The number of unbranched alkanes of at least 4 members (excludes halogenated alkanes) is 2. The van der Waals surface area contributed by atoms with Gasteiger partial charge in [-0.15, -0.1) is 0 Å². The predicted molar refractivity (Wildman–Crippen MR) is 71.0 cm³/mol. The number of allylic oxidation sites excluding steroid dienone is 3. The van der Waals surface area contributed by atoms with Crippen molar-refractivity contribution in [2.75, 3.05) is 0 Å². The third-order valence-electron chi connectivity index (χ3n) is 2.48. The van der Waals surface area contributed by atoms with Crippen molar-refractivity contribution in [3.63, 3.8) is 0 Å². The van der Waals surface area contributed by atoms with Crippen molar-refractivity contribution in [1.29, 1.82) is 0 Å². The SMILES string of the molecule is C/C=C/C=C/C(O)(C#CCCCC)C(C)C. The summed E-state index contributed by atoms with van der Waals surface area (Å²) in [5.74, 6) is 6.13. The molecular weight excluding hydrogens is 196 g/mol. The van der Waals surface area contributed by atoms with Crippen LogP contribution in [0.1, 0.15) is 47.0 Å². The van der Waals surface area contributed by atoms with Crippen LogP contribution in [-0.2, 0) is 0 Å². The normalized spacial score (nSPS) is 15.4. The Labute approximate surface area is 100 Å². The second-order valence-electron chi connectivity index (χ2n) is 4.27. The van der Waals surface area contributed by atoms with Gasteiger partial charge < -0.3 is 5.11 Å². The van der Waals surface area contributed by atoms with Crippen LogP contribution in [0.5, 0.6) is 0 Å². The Morgan fingerprint density at radius 1 is 1.31 bits per heavy atom. The van der Waals surface area contributed by atoms with E-state index in [0.29, 0.717) is 0 Å². The molecule has 0 bridgehead atoms. The van der Waals surface area contributed by atoms with E-state index < -0.39 is 5.60 Å². The van der Waals surface area contributed by atoms with Crippen LogP contribution < -0.4 is 0 Å². The molecule has 1 heteroatoms. The first-order chi connectivity index (χ1) is 7.56. The summed E-state index contributed by atoms with van der Waals surface area (Å²) in [6, 6.07) is 0. The third-order valence-corrected chi connectivity index (χ3v) is 2.48. The highest BCUT2D eigenvalue weighted by atomic mass is 16.3. The minimum absolute atomic E-state index is 0.100. The van der Waals surface area contributed by atoms with Crippen LogP contribution >= 0.6 is 0 Å². The predicted octanol–water partition coefficient (Wildman–Crippen LogP) is 3.70. The molecule has 0 amide bonds. The molecule has 0 aromatic carbocycles. The molecule has 0 spiro atoms. The zero-order chi connectivity index (χ0) is 12.4. The van der Waals surface area contributed by atoms with E-state index in [-0.39, 0.29) is 5.92 Å². The lowest BCUT2D eigenvalue weighted by Gasteiger charge is -2.22. The molecule has 0 aromatic heterocycles. The second-order valence-corrected chi connectivity index (χ2v) is 4.27. The molecule has 0 saturated heterocycles. The molecule has 0 fully saturated rings. The topological polar surface area (TPSA) is 20.2 Å². The Hall–Kier alpha value is -1.00. The third kappa shape index (κ3) is 5.78. The number of aliphatic hydroxyl groups is 1. The summed E-state index contributed by atoms with van der Waals surface area (Å²) < 4.78 is 0. The summed E-state index contributed by atoms with van der Waals surface area (Å²) in [4.78, 5) is 0. The Balaban J connectivity index is 4.60. The van der Waals surface area contributed by atoms with Gasteiger partial charge in [0.2, 0.25) is 0 Å². The Morgan fingerprint density at radius 3 is 2.50 bits per heavy atom. The zero-order valence-electron chi connectivity index (χ0n) is 11.0. The van der Waals surface area contributed by atoms with E-state index in [4.69, 9.17) is 0 Å². The maximum atomic E-state index is 10.3. The maximum Gasteiger partial charge on any atom is 0.146 e. The van der Waals surface area contributed by atoms with Gasteiger partial charge in [-0.2, -0.15) is 0 Å². The number of rotatable bonds is 5. The fourth-order valence-corrected chi connectivity index (χ4v) is 1.16.